The third-order valence-corrected chi connectivity index (χ3v) is 2.80. The first-order valence-corrected chi connectivity index (χ1v) is 4.53. The Kier molecular flexibility index (Phi) is 2.55. The SMILES string of the molecule is CC(C)N(C)CC1(N)CCC1. The first-order chi connectivity index (χ1) is 5.03. The van der Waals surface area contributed by atoms with Crippen molar-refractivity contribution in [3.63, 3.8) is 0 Å². The Hall–Kier alpha value is -0.0800. The monoisotopic (exact) mass is 156 g/mol. The van der Waals surface area contributed by atoms with Crippen molar-refractivity contribution in [2.24, 2.45) is 5.73 Å². The van der Waals surface area contributed by atoms with Crippen LogP contribution in [-0.4, -0.2) is 30.1 Å². The average Bonchev–Trinajstić information content (AvgIpc) is 1.84. The number of rotatable bonds is 3. The zero-order chi connectivity index (χ0) is 8.48. The minimum Gasteiger partial charge on any atom is -0.324 e. The first-order valence-electron chi connectivity index (χ1n) is 4.53. The summed E-state index contributed by atoms with van der Waals surface area (Å²) in [4.78, 5) is 2.33. The van der Waals surface area contributed by atoms with Gasteiger partial charge in [-0.05, 0) is 40.2 Å². The van der Waals surface area contributed by atoms with Gasteiger partial charge >= 0.3 is 0 Å². The van der Waals surface area contributed by atoms with Crippen molar-refractivity contribution in [2.45, 2.75) is 44.7 Å². The van der Waals surface area contributed by atoms with E-state index >= 15 is 0 Å². The molecular formula is C9H20N2. The van der Waals surface area contributed by atoms with Crippen LogP contribution in [0.25, 0.3) is 0 Å². The summed E-state index contributed by atoms with van der Waals surface area (Å²) >= 11 is 0. The summed E-state index contributed by atoms with van der Waals surface area (Å²) in [6.45, 7) is 5.48. The highest BCUT2D eigenvalue weighted by atomic mass is 15.1. The zero-order valence-corrected chi connectivity index (χ0v) is 7.93. The van der Waals surface area contributed by atoms with Crippen LogP contribution < -0.4 is 5.73 Å². The van der Waals surface area contributed by atoms with E-state index in [1.54, 1.807) is 0 Å². The maximum Gasteiger partial charge on any atom is 0.0283 e. The molecule has 0 atom stereocenters. The van der Waals surface area contributed by atoms with Crippen molar-refractivity contribution in [2.75, 3.05) is 13.6 Å². The fraction of sp³-hybridized carbons (Fsp3) is 1.00. The van der Waals surface area contributed by atoms with Crippen molar-refractivity contribution in [3.05, 3.63) is 0 Å². The predicted octanol–water partition coefficient (Wildman–Crippen LogP) is 1.21. The number of hydrogen-bond donors (Lipinski definition) is 1. The largest absolute Gasteiger partial charge is 0.324 e. The fourth-order valence-electron chi connectivity index (χ4n) is 1.47. The highest BCUT2D eigenvalue weighted by molar-refractivity contribution is 4.95. The number of likely N-dealkylation sites (N-methyl/N-ethyl adjacent to an activating group) is 1. The van der Waals surface area contributed by atoms with Crippen molar-refractivity contribution in [3.8, 4) is 0 Å². The molecule has 0 aromatic carbocycles. The van der Waals surface area contributed by atoms with Crippen molar-refractivity contribution >= 4 is 0 Å². The van der Waals surface area contributed by atoms with Crippen LogP contribution in [0.1, 0.15) is 33.1 Å². The molecule has 2 N–H and O–H groups in total. The highest BCUT2D eigenvalue weighted by Crippen LogP contribution is 2.29. The maximum atomic E-state index is 6.10. The molecule has 66 valence electrons. The second-order valence-electron chi connectivity index (χ2n) is 4.22. The van der Waals surface area contributed by atoms with Crippen molar-refractivity contribution in [1.29, 1.82) is 0 Å². The van der Waals surface area contributed by atoms with Gasteiger partial charge in [0.05, 0.1) is 0 Å². The van der Waals surface area contributed by atoms with Crippen LogP contribution in [0.4, 0.5) is 0 Å². The van der Waals surface area contributed by atoms with Gasteiger partial charge in [-0.1, -0.05) is 0 Å². The van der Waals surface area contributed by atoms with E-state index in [4.69, 9.17) is 5.73 Å². The molecule has 0 aliphatic heterocycles. The van der Waals surface area contributed by atoms with Crippen molar-refractivity contribution in [1.82, 2.24) is 4.90 Å². The van der Waals surface area contributed by atoms with Crippen molar-refractivity contribution < 1.29 is 0 Å². The summed E-state index contributed by atoms with van der Waals surface area (Å²) in [6, 6.07) is 0.621. The lowest BCUT2D eigenvalue weighted by molar-refractivity contribution is 0.144. The summed E-state index contributed by atoms with van der Waals surface area (Å²) in [5.74, 6) is 0. The molecule has 1 rings (SSSR count). The van der Waals surface area contributed by atoms with E-state index in [0.29, 0.717) is 6.04 Å². The minimum absolute atomic E-state index is 0.152. The Labute approximate surface area is 69.8 Å². The van der Waals surface area contributed by atoms with Gasteiger partial charge in [0.1, 0.15) is 0 Å². The van der Waals surface area contributed by atoms with Crippen LogP contribution in [0.15, 0.2) is 0 Å². The van der Waals surface area contributed by atoms with Gasteiger partial charge in [-0.25, -0.2) is 0 Å². The Morgan fingerprint density at radius 3 is 2.27 bits per heavy atom. The number of nitrogens with zero attached hydrogens (tertiary/aromatic N) is 1. The molecule has 0 radical (unpaired) electrons. The Bertz CT molecular complexity index is 128. The summed E-state index contributed by atoms with van der Waals surface area (Å²) in [7, 11) is 2.15. The number of nitrogens with two attached hydrogens (primary N) is 1. The van der Waals surface area contributed by atoms with Gasteiger partial charge in [0, 0.05) is 18.1 Å². The van der Waals surface area contributed by atoms with E-state index < -0.39 is 0 Å². The molecule has 1 saturated carbocycles. The molecule has 0 aromatic heterocycles. The topological polar surface area (TPSA) is 29.3 Å². The lowest BCUT2D eigenvalue weighted by Gasteiger charge is -2.42. The minimum atomic E-state index is 0.152. The molecule has 0 aromatic rings. The normalized spacial score (nSPS) is 22.4. The summed E-state index contributed by atoms with van der Waals surface area (Å²) in [6.07, 6.45) is 3.75. The molecule has 2 nitrogen and oxygen atoms in total. The molecule has 1 aliphatic rings. The molecule has 0 bridgehead atoms. The van der Waals surface area contributed by atoms with Gasteiger partial charge in [0.15, 0.2) is 0 Å². The van der Waals surface area contributed by atoms with Gasteiger partial charge in [0.25, 0.3) is 0 Å². The standard InChI is InChI=1S/C9H20N2/c1-8(2)11(3)7-9(10)5-4-6-9/h8H,4-7,10H2,1-3H3. The van der Waals surface area contributed by atoms with Crippen LogP contribution in [0.2, 0.25) is 0 Å². The molecule has 0 amide bonds. The lowest BCUT2D eigenvalue weighted by atomic mass is 9.77. The first kappa shape index (κ1) is 9.01. The molecule has 0 heterocycles. The van der Waals surface area contributed by atoms with Crippen LogP contribution in [-0.2, 0) is 0 Å². The van der Waals surface area contributed by atoms with E-state index in [-0.39, 0.29) is 5.54 Å². The molecule has 2 heteroatoms. The molecule has 11 heavy (non-hydrogen) atoms. The van der Waals surface area contributed by atoms with Gasteiger partial charge in [0.2, 0.25) is 0 Å². The number of hydrogen-bond acceptors (Lipinski definition) is 2. The lowest BCUT2D eigenvalue weighted by Crippen LogP contribution is -2.55. The highest BCUT2D eigenvalue weighted by Gasteiger charge is 2.33. The predicted molar refractivity (Wildman–Crippen MR) is 48.5 cm³/mol. The smallest absolute Gasteiger partial charge is 0.0283 e. The summed E-state index contributed by atoms with van der Waals surface area (Å²) in [5, 5.41) is 0. The van der Waals surface area contributed by atoms with Crippen LogP contribution in [0.5, 0.6) is 0 Å². The van der Waals surface area contributed by atoms with E-state index in [1.165, 1.54) is 19.3 Å². The quantitative estimate of drug-likeness (QED) is 0.665. The zero-order valence-electron chi connectivity index (χ0n) is 7.93. The summed E-state index contributed by atoms with van der Waals surface area (Å²) < 4.78 is 0. The summed E-state index contributed by atoms with van der Waals surface area (Å²) in [5.41, 5.74) is 6.25. The molecule has 0 spiro atoms. The van der Waals surface area contributed by atoms with Crippen LogP contribution in [0.3, 0.4) is 0 Å². The Balaban J connectivity index is 2.29. The molecule has 1 fully saturated rings. The van der Waals surface area contributed by atoms with Gasteiger partial charge in [-0.3, -0.25) is 0 Å². The van der Waals surface area contributed by atoms with E-state index in [2.05, 4.69) is 25.8 Å². The third-order valence-electron chi connectivity index (χ3n) is 2.80. The molecular weight excluding hydrogens is 136 g/mol. The van der Waals surface area contributed by atoms with Gasteiger partial charge in [-0.2, -0.15) is 0 Å². The maximum absolute atomic E-state index is 6.10. The third kappa shape index (κ3) is 2.17. The molecule has 1 aliphatic carbocycles. The van der Waals surface area contributed by atoms with Gasteiger partial charge < -0.3 is 10.6 Å². The van der Waals surface area contributed by atoms with E-state index in [1.807, 2.05) is 0 Å². The Morgan fingerprint density at radius 2 is 2.00 bits per heavy atom. The van der Waals surface area contributed by atoms with E-state index in [9.17, 15) is 0 Å². The van der Waals surface area contributed by atoms with E-state index in [0.717, 1.165) is 6.54 Å². The average molecular weight is 156 g/mol. The fourth-order valence-corrected chi connectivity index (χ4v) is 1.47. The Morgan fingerprint density at radius 1 is 1.45 bits per heavy atom. The molecule has 0 saturated heterocycles. The molecule has 0 unspecified atom stereocenters. The second kappa shape index (κ2) is 3.11. The second-order valence-corrected chi connectivity index (χ2v) is 4.22. The van der Waals surface area contributed by atoms with Gasteiger partial charge in [-0.15, -0.1) is 0 Å². The van der Waals surface area contributed by atoms with Crippen LogP contribution in [0, 0.1) is 0 Å². The van der Waals surface area contributed by atoms with Crippen LogP contribution >= 0.6 is 0 Å².